The van der Waals surface area contributed by atoms with E-state index in [2.05, 4.69) is 5.32 Å². The Kier molecular flexibility index (Phi) is 5.28. The van der Waals surface area contributed by atoms with E-state index >= 15 is 0 Å². The molecule has 4 rings (SSSR count). The minimum absolute atomic E-state index is 0.0115. The maximum absolute atomic E-state index is 13.4. The summed E-state index contributed by atoms with van der Waals surface area (Å²) in [4.78, 5) is 27.4. The number of benzene rings is 3. The van der Waals surface area contributed by atoms with E-state index in [4.69, 9.17) is 28.6 Å². The van der Waals surface area contributed by atoms with Gasteiger partial charge in [-0.3, -0.25) is 19.8 Å². The van der Waals surface area contributed by atoms with Crippen LogP contribution in [0, 0.1) is 6.92 Å². The van der Waals surface area contributed by atoms with E-state index in [1.807, 2.05) is 36.4 Å². The standard InChI is InChI=1S/C23H17ClN2O3S/c1-13-18(24)8-5-9-19(13)26-22(28)17(21(27)25-23(26)30)12-16-15-7-4-3-6-14(15)10-11-20(16)29-2/h3-12H,1-2H3,(H,25,27,30)/b17-12-. The van der Waals surface area contributed by atoms with Crippen molar-refractivity contribution in [2.45, 2.75) is 6.92 Å². The Morgan fingerprint density at radius 2 is 1.83 bits per heavy atom. The van der Waals surface area contributed by atoms with Crippen molar-refractivity contribution >= 4 is 63.3 Å². The summed E-state index contributed by atoms with van der Waals surface area (Å²) >= 11 is 11.5. The van der Waals surface area contributed by atoms with Crippen LogP contribution in [0.15, 0.2) is 60.2 Å². The fraction of sp³-hybridized carbons (Fsp3) is 0.0870. The van der Waals surface area contributed by atoms with Gasteiger partial charge in [0.15, 0.2) is 5.11 Å². The molecule has 1 aliphatic rings. The summed E-state index contributed by atoms with van der Waals surface area (Å²) in [6.45, 7) is 1.79. The van der Waals surface area contributed by atoms with Gasteiger partial charge in [0.05, 0.1) is 12.8 Å². The second-order valence-corrected chi connectivity index (χ2v) is 7.54. The molecule has 0 spiro atoms. The van der Waals surface area contributed by atoms with Crippen LogP contribution in [0.2, 0.25) is 5.02 Å². The zero-order valence-electron chi connectivity index (χ0n) is 16.2. The number of anilines is 1. The Hall–Kier alpha value is -3.22. The van der Waals surface area contributed by atoms with Gasteiger partial charge in [-0.1, -0.05) is 48.0 Å². The molecule has 3 aromatic carbocycles. The number of carbonyl (C=O) groups excluding carboxylic acids is 2. The number of thiocarbonyl (C=S) groups is 1. The predicted molar refractivity (Wildman–Crippen MR) is 123 cm³/mol. The summed E-state index contributed by atoms with van der Waals surface area (Å²) in [5, 5.41) is 4.95. The molecule has 30 heavy (non-hydrogen) atoms. The SMILES string of the molecule is COc1ccc2ccccc2c1/C=C1/C(=O)NC(=S)N(c2cccc(Cl)c2C)C1=O. The normalized spacial score (nSPS) is 15.6. The van der Waals surface area contributed by atoms with Gasteiger partial charge >= 0.3 is 0 Å². The van der Waals surface area contributed by atoms with Gasteiger partial charge in [0.25, 0.3) is 11.8 Å². The second kappa shape index (κ2) is 7.89. The molecule has 1 aliphatic heterocycles. The first-order valence-electron chi connectivity index (χ1n) is 9.14. The number of hydrogen-bond donors (Lipinski definition) is 1. The summed E-state index contributed by atoms with van der Waals surface area (Å²) in [6, 6.07) is 16.6. The zero-order valence-corrected chi connectivity index (χ0v) is 17.8. The van der Waals surface area contributed by atoms with Gasteiger partial charge in [-0.2, -0.15) is 0 Å². The van der Waals surface area contributed by atoms with Crippen molar-refractivity contribution in [2.24, 2.45) is 0 Å². The highest BCUT2D eigenvalue weighted by Gasteiger charge is 2.35. The number of methoxy groups -OCH3 is 1. The molecule has 5 nitrogen and oxygen atoms in total. The van der Waals surface area contributed by atoms with Crippen molar-refractivity contribution in [3.8, 4) is 5.75 Å². The fourth-order valence-corrected chi connectivity index (χ4v) is 3.90. The lowest BCUT2D eigenvalue weighted by atomic mass is 9.99. The van der Waals surface area contributed by atoms with E-state index in [9.17, 15) is 9.59 Å². The van der Waals surface area contributed by atoms with Crippen LogP contribution in [0.5, 0.6) is 5.75 Å². The average Bonchev–Trinajstić information content (AvgIpc) is 2.73. The van der Waals surface area contributed by atoms with Crippen LogP contribution in [0.3, 0.4) is 0 Å². The van der Waals surface area contributed by atoms with Gasteiger partial charge in [-0.05, 0) is 59.8 Å². The maximum Gasteiger partial charge on any atom is 0.270 e. The molecule has 0 saturated carbocycles. The lowest BCUT2D eigenvalue weighted by Gasteiger charge is -2.30. The van der Waals surface area contributed by atoms with Crippen LogP contribution >= 0.6 is 23.8 Å². The van der Waals surface area contributed by atoms with Crippen molar-refractivity contribution in [2.75, 3.05) is 12.0 Å². The Morgan fingerprint density at radius 3 is 2.60 bits per heavy atom. The van der Waals surface area contributed by atoms with Crippen LogP contribution in [0.1, 0.15) is 11.1 Å². The number of nitrogens with one attached hydrogen (secondary N) is 1. The number of fused-ring (bicyclic) bond motifs is 1. The van der Waals surface area contributed by atoms with Crippen molar-refractivity contribution in [3.63, 3.8) is 0 Å². The van der Waals surface area contributed by atoms with E-state index < -0.39 is 11.8 Å². The molecule has 2 amide bonds. The number of hydrogen-bond acceptors (Lipinski definition) is 4. The van der Waals surface area contributed by atoms with Crippen LogP contribution in [-0.2, 0) is 9.59 Å². The Balaban J connectivity index is 1.89. The molecular weight excluding hydrogens is 420 g/mol. The minimum atomic E-state index is -0.559. The van der Waals surface area contributed by atoms with E-state index in [1.165, 1.54) is 4.90 Å². The number of halogens is 1. The molecule has 0 aliphatic carbocycles. The molecule has 7 heteroatoms. The molecule has 0 atom stereocenters. The van der Waals surface area contributed by atoms with Gasteiger partial charge in [0.2, 0.25) is 0 Å². The molecule has 1 heterocycles. The van der Waals surface area contributed by atoms with Crippen molar-refractivity contribution < 1.29 is 14.3 Å². The molecule has 0 bridgehead atoms. The zero-order chi connectivity index (χ0) is 21.4. The van der Waals surface area contributed by atoms with Crippen LogP contribution in [-0.4, -0.2) is 24.0 Å². The molecule has 1 saturated heterocycles. The van der Waals surface area contributed by atoms with Gasteiger partial charge < -0.3 is 4.74 Å². The minimum Gasteiger partial charge on any atom is -0.496 e. The first-order valence-corrected chi connectivity index (χ1v) is 9.93. The third-order valence-electron chi connectivity index (χ3n) is 5.02. The average molecular weight is 437 g/mol. The topological polar surface area (TPSA) is 58.6 Å². The Bertz CT molecular complexity index is 1250. The number of amides is 2. The fourth-order valence-electron chi connectivity index (χ4n) is 3.46. The summed E-state index contributed by atoms with van der Waals surface area (Å²) in [6.07, 6.45) is 1.55. The summed E-state index contributed by atoms with van der Waals surface area (Å²) in [5.74, 6) is -0.527. The van der Waals surface area contributed by atoms with Gasteiger partial charge in [-0.25, -0.2) is 0 Å². The number of ether oxygens (including phenoxy) is 1. The predicted octanol–water partition coefficient (Wildman–Crippen LogP) is 4.64. The third-order valence-corrected chi connectivity index (χ3v) is 5.72. The largest absolute Gasteiger partial charge is 0.496 e. The van der Waals surface area contributed by atoms with Crippen LogP contribution in [0.25, 0.3) is 16.8 Å². The quantitative estimate of drug-likeness (QED) is 0.369. The molecule has 0 unspecified atom stereocenters. The lowest BCUT2D eigenvalue weighted by Crippen LogP contribution is -2.54. The van der Waals surface area contributed by atoms with E-state index in [0.29, 0.717) is 27.6 Å². The maximum atomic E-state index is 13.4. The lowest BCUT2D eigenvalue weighted by molar-refractivity contribution is -0.122. The van der Waals surface area contributed by atoms with Crippen LogP contribution < -0.4 is 15.0 Å². The van der Waals surface area contributed by atoms with E-state index in [0.717, 1.165) is 10.8 Å². The summed E-state index contributed by atoms with van der Waals surface area (Å²) < 4.78 is 5.49. The number of rotatable bonds is 3. The molecule has 1 N–H and O–H groups in total. The van der Waals surface area contributed by atoms with Gasteiger partial charge in [0, 0.05) is 10.6 Å². The molecular formula is C23H17ClN2O3S. The summed E-state index contributed by atoms with van der Waals surface area (Å²) in [5.41, 5.74) is 1.81. The summed E-state index contributed by atoms with van der Waals surface area (Å²) in [7, 11) is 1.55. The molecule has 0 aromatic heterocycles. The number of nitrogens with zero attached hydrogens (tertiary/aromatic N) is 1. The molecule has 1 fully saturated rings. The van der Waals surface area contributed by atoms with Crippen molar-refractivity contribution in [1.82, 2.24) is 5.32 Å². The Labute approximate surface area is 183 Å². The van der Waals surface area contributed by atoms with Crippen molar-refractivity contribution in [3.05, 3.63) is 76.3 Å². The Morgan fingerprint density at radius 1 is 1.07 bits per heavy atom. The first kappa shape index (κ1) is 20.1. The highest BCUT2D eigenvalue weighted by Crippen LogP contribution is 2.33. The molecule has 3 aromatic rings. The van der Waals surface area contributed by atoms with E-state index in [1.54, 1.807) is 38.3 Å². The molecule has 150 valence electrons. The highest BCUT2D eigenvalue weighted by atomic mass is 35.5. The van der Waals surface area contributed by atoms with Gasteiger partial charge in [0.1, 0.15) is 11.3 Å². The smallest absolute Gasteiger partial charge is 0.270 e. The third kappa shape index (κ3) is 3.34. The highest BCUT2D eigenvalue weighted by molar-refractivity contribution is 7.80. The first-order chi connectivity index (χ1) is 14.4. The molecule has 0 radical (unpaired) electrons. The monoisotopic (exact) mass is 436 g/mol. The number of carbonyl (C=O) groups is 2. The van der Waals surface area contributed by atoms with Gasteiger partial charge in [-0.15, -0.1) is 0 Å². The van der Waals surface area contributed by atoms with E-state index in [-0.39, 0.29) is 10.7 Å². The van der Waals surface area contributed by atoms with Crippen molar-refractivity contribution in [1.29, 1.82) is 0 Å². The van der Waals surface area contributed by atoms with Crippen LogP contribution in [0.4, 0.5) is 5.69 Å². The second-order valence-electron chi connectivity index (χ2n) is 6.74.